The summed E-state index contributed by atoms with van der Waals surface area (Å²) in [7, 11) is -2.74. The first kappa shape index (κ1) is 23.8. The predicted molar refractivity (Wildman–Crippen MR) is 135 cm³/mol. The number of benzene rings is 2. The van der Waals surface area contributed by atoms with E-state index in [1.165, 1.54) is 19.2 Å². The summed E-state index contributed by atoms with van der Waals surface area (Å²) >= 11 is 0. The highest BCUT2D eigenvalue weighted by atomic mass is 32.2. The molecule has 2 aromatic heterocycles. The van der Waals surface area contributed by atoms with E-state index in [1.54, 1.807) is 79.4 Å². The zero-order chi connectivity index (χ0) is 24.7. The van der Waals surface area contributed by atoms with Crippen LogP contribution in [0.3, 0.4) is 0 Å². The van der Waals surface area contributed by atoms with Gasteiger partial charge in [-0.15, -0.1) is 0 Å². The number of anilines is 1. The molecule has 0 atom stereocenters. The SMILES string of the molecule is COc1ccc(S(=O)(=O)N(C(=O)Cc2cccnc2)c2ccccc2/C=C/c2ccncc2)cc1. The number of aromatic nitrogens is 2. The Morgan fingerprint density at radius 1 is 0.886 bits per heavy atom. The largest absolute Gasteiger partial charge is 0.497 e. The molecule has 0 aliphatic carbocycles. The molecule has 0 fully saturated rings. The lowest BCUT2D eigenvalue weighted by atomic mass is 10.1. The number of methoxy groups -OCH3 is 1. The van der Waals surface area contributed by atoms with Crippen molar-refractivity contribution in [3.63, 3.8) is 0 Å². The molecule has 0 N–H and O–H groups in total. The van der Waals surface area contributed by atoms with Gasteiger partial charge in [-0.25, -0.2) is 12.7 Å². The number of ether oxygens (including phenoxy) is 1. The van der Waals surface area contributed by atoms with Gasteiger partial charge in [0.05, 0.1) is 24.1 Å². The minimum absolute atomic E-state index is 0.0225. The number of rotatable bonds is 8. The predicted octanol–water partition coefficient (Wildman–Crippen LogP) is 4.62. The van der Waals surface area contributed by atoms with Gasteiger partial charge in [0, 0.05) is 24.8 Å². The first-order valence-corrected chi connectivity index (χ1v) is 12.2. The highest BCUT2D eigenvalue weighted by Gasteiger charge is 2.32. The maximum atomic E-state index is 13.8. The number of hydrogen-bond acceptors (Lipinski definition) is 6. The second-order valence-corrected chi connectivity index (χ2v) is 9.34. The van der Waals surface area contributed by atoms with E-state index in [2.05, 4.69) is 9.97 Å². The summed E-state index contributed by atoms with van der Waals surface area (Å²) in [5.41, 5.74) is 2.32. The van der Waals surface area contributed by atoms with E-state index in [0.29, 0.717) is 16.9 Å². The number of amides is 1. The molecule has 0 saturated carbocycles. The Morgan fingerprint density at radius 3 is 2.31 bits per heavy atom. The first-order valence-electron chi connectivity index (χ1n) is 10.8. The molecule has 2 aromatic carbocycles. The highest BCUT2D eigenvalue weighted by molar-refractivity contribution is 7.93. The standard InChI is InChI=1S/C27H23N3O4S/c1-34-24-10-12-25(13-11-24)35(32,33)30(27(31)19-22-5-4-16-29-20-22)26-7-3-2-6-23(26)9-8-21-14-17-28-18-15-21/h2-18,20H,19H2,1H3/b9-8+. The van der Waals surface area contributed by atoms with Crippen LogP contribution in [0.2, 0.25) is 0 Å². The average molecular weight is 486 g/mol. The Morgan fingerprint density at radius 2 is 1.63 bits per heavy atom. The smallest absolute Gasteiger partial charge is 0.270 e. The minimum atomic E-state index is -4.24. The first-order chi connectivity index (χ1) is 17.0. The van der Waals surface area contributed by atoms with Crippen molar-refractivity contribution in [3.8, 4) is 5.75 Å². The number of hydrogen-bond donors (Lipinski definition) is 0. The van der Waals surface area contributed by atoms with Crippen molar-refractivity contribution >= 4 is 33.8 Å². The summed E-state index contributed by atoms with van der Waals surface area (Å²) < 4.78 is 33.6. The van der Waals surface area contributed by atoms with Gasteiger partial charge in [-0.05, 0) is 65.2 Å². The van der Waals surface area contributed by atoms with Crippen LogP contribution in [-0.4, -0.2) is 31.4 Å². The Balaban J connectivity index is 1.80. The van der Waals surface area contributed by atoms with Crippen LogP contribution in [0.1, 0.15) is 16.7 Å². The van der Waals surface area contributed by atoms with Crippen molar-refractivity contribution in [2.75, 3.05) is 11.4 Å². The molecule has 0 bridgehead atoms. The van der Waals surface area contributed by atoms with Gasteiger partial charge < -0.3 is 4.74 Å². The second-order valence-electron chi connectivity index (χ2n) is 7.55. The molecule has 176 valence electrons. The van der Waals surface area contributed by atoms with Crippen LogP contribution < -0.4 is 9.04 Å². The molecule has 0 aliphatic heterocycles. The van der Waals surface area contributed by atoms with Crippen LogP contribution in [0.15, 0.2) is 102 Å². The lowest BCUT2D eigenvalue weighted by molar-refractivity contribution is -0.116. The van der Waals surface area contributed by atoms with E-state index in [4.69, 9.17) is 4.74 Å². The summed E-state index contributed by atoms with van der Waals surface area (Å²) in [5, 5.41) is 0. The quantitative estimate of drug-likeness (QED) is 0.362. The van der Waals surface area contributed by atoms with Gasteiger partial charge in [-0.2, -0.15) is 0 Å². The Bertz CT molecular complexity index is 1420. The molecule has 8 heteroatoms. The van der Waals surface area contributed by atoms with Crippen LogP contribution in [-0.2, 0) is 21.2 Å². The number of sulfonamides is 1. The third kappa shape index (κ3) is 5.62. The van der Waals surface area contributed by atoms with Gasteiger partial charge in [0.1, 0.15) is 5.75 Å². The van der Waals surface area contributed by atoms with Crippen LogP contribution in [0.4, 0.5) is 5.69 Å². The van der Waals surface area contributed by atoms with E-state index in [9.17, 15) is 13.2 Å². The summed E-state index contributed by atoms with van der Waals surface area (Å²) in [6.07, 6.45) is 9.96. The summed E-state index contributed by atoms with van der Waals surface area (Å²) in [5.74, 6) is -0.0866. The molecule has 4 rings (SSSR count). The third-order valence-corrected chi connectivity index (χ3v) is 6.97. The van der Waals surface area contributed by atoms with E-state index in [0.717, 1.165) is 9.87 Å². The van der Waals surface area contributed by atoms with Crippen LogP contribution >= 0.6 is 0 Å². The molecule has 0 spiro atoms. The Kier molecular flexibility index (Phi) is 7.32. The average Bonchev–Trinajstić information content (AvgIpc) is 2.89. The second kappa shape index (κ2) is 10.8. The van der Waals surface area contributed by atoms with Gasteiger partial charge >= 0.3 is 0 Å². The maximum absolute atomic E-state index is 13.8. The normalized spacial score (nSPS) is 11.3. The molecule has 2 heterocycles. The van der Waals surface area contributed by atoms with Crippen molar-refractivity contribution in [3.05, 3.63) is 114 Å². The molecule has 0 unspecified atom stereocenters. The third-order valence-electron chi connectivity index (χ3n) is 5.22. The van der Waals surface area contributed by atoms with Gasteiger partial charge in [0.15, 0.2) is 0 Å². The Hall–Kier alpha value is -4.30. The van der Waals surface area contributed by atoms with Crippen LogP contribution in [0.25, 0.3) is 12.2 Å². The monoisotopic (exact) mass is 485 g/mol. The van der Waals surface area contributed by atoms with Crippen LogP contribution in [0.5, 0.6) is 5.75 Å². The number of para-hydroxylation sites is 1. The van der Waals surface area contributed by atoms with E-state index in [-0.39, 0.29) is 17.0 Å². The number of pyridine rings is 2. The fraction of sp³-hybridized carbons (Fsp3) is 0.0741. The molecule has 0 saturated heterocycles. The van der Waals surface area contributed by atoms with E-state index >= 15 is 0 Å². The molecular formula is C27H23N3O4S. The number of carbonyl (C=O) groups is 1. The number of carbonyl (C=O) groups excluding carboxylic acids is 1. The van der Waals surface area contributed by atoms with Crippen molar-refractivity contribution in [2.45, 2.75) is 11.3 Å². The highest BCUT2D eigenvalue weighted by Crippen LogP contribution is 2.30. The zero-order valence-electron chi connectivity index (χ0n) is 19.0. The lowest BCUT2D eigenvalue weighted by Gasteiger charge is -2.24. The molecule has 7 nitrogen and oxygen atoms in total. The summed E-state index contributed by atoms with van der Waals surface area (Å²) in [4.78, 5) is 21.6. The fourth-order valence-electron chi connectivity index (χ4n) is 3.47. The van der Waals surface area contributed by atoms with E-state index < -0.39 is 15.9 Å². The van der Waals surface area contributed by atoms with Crippen molar-refractivity contribution in [1.29, 1.82) is 0 Å². The fourth-order valence-corrected chi connectivity index (χ4v) is 4.92. The number of nitrogens with zero attached hydrogens (tertiary/aromatic N) is 3. The maximum Gasteiger partial charge on any atom is 0.270 e. The summed E-state index contributed by atoms with van der Waals surface area (Å²) in [6.45, 7) is 0. The van der Waals surface area contributed by atoms with Crippen molar-refractivity contribution in [1.82, 2.24) is 9.97 Å². The molecule has 0 aliphatic rings. The molecular weight excluding hydrogens is 462 g/mol. The summed E-state index contributed by atoms with van der Waals surface area (Å²) in [6, 6.07) is 19.9. The molecule has 0 radical (unpaired) electrons. The van der Waals surface area contributed by atoms with E-state index in [1.807, 2.05) is 18.2 Å². The zero-order valence-corrected chi connectivity index (χ0v) is 19.8. The van der Waals surface area contributed by atoms with Crippen molar-refractivity contribution in [2.24, 2.45) is 0 Å². The lowest BCUT2D eigenvalue weighted by Crippen LogP contribution is -2.38. The molecule has 1 amide bonds. The Labute approximate surface area is 204 Å². The van der Waals surface area contributed by atoms with Gasteiger partial charge in [0.25, 0.3) is 10.0 Å². The molecule has 4 aromatic rings. The molecule has 35 heavy (non-hydrogen) atoms. The topological polar surface area (TPSA) is 89.5 Å². The van der Waals surface area contributed by atoms with Gasteiger partial charge in [-0.3, -0.25) is 14.8 Å². The van der Waals surface area contributed by atoms with Gasteiger partial charge in [-0.1, -0.05) is 36.4 Å². The van der Waals surface area contributed by atoms with Crippen molar-refractivity contribution < 1.29 is 17.9 Å². The minimum Gasteiger partial charge on any atom is -0.497 e. The van der Waals surface area contributed by atoms with Crippen LogP contribution in [0, 0.1) is 0 Å². The van der Waals surface area contributed by atoms with Gasteiger partial charge in [0.2, 0.25) is 5.91 Å².